The fourth-order valence-electron chi connectivity index (χ4n) is 2.21. The number of nitrogens with one attached hydrogen (secondary N) is 2. The standard InChI is InChI=1S/C16H9Cl2FN6O/c17-10-2-1-3-11(12(10)18)21-14-13(20-9-6-4-8(19)5-7-9)22-15-16(23-14)25-26-24-15/h1-7H,(H,20,22,24)(H,21,23,25). The Hall–Kier alpha value is -2.97. The van der Waals surface area contributed by atoms with Crippen molar-refractivity contribution in [2.24, 2.45) is 0 Å². The van der Waals surface area contributed by atoms with Gasteiger partial charge in [-0.15, -0.1) is 0 Å². The van der Waals surface area contributed by atoms with E-state index in [1.165, 1.54) is 12.1 Å². The number of benzene rings is 2. The molecule has 2 heterocycles. The topological polar surface area (TPSA) is 88.8 Å². The van der Waals surface area contributed by atoms with Crippen LogP contribution in [0.25, 0.3) is 11.3 Å². The molecule has 4 rings (SSSR count). The lowest BCUT2D eigenvalue weighted by Gasteiger charge is -2.13. The molecule has 2 aromatic heterocycles. The molecule has 2 N–H and O–H groups in total. The van der Waals surface area contributed by atoms with Gasteiger partial charge in [-0.05, 0) is 46.7 Å². The summed E-state index contributed by atoms with van der Waals surface area (Å²) in [5.41, 5.74) is 1.58. The van der Waals surface area contributed by atoms with Crippen molar-refractivity contribution in [3.05, 3.63) is 58.3 Å². The van der Waals surface area contributed by atoms with Gasteiger partial charge < -0.3 is 10.6 Å². The quantitative estimate of drug-likeness (QED) is 0.509. The van der Waals surface area contributed by atoms with Crippen LogP contribution in [-0.4, -0.2) is 20.3 Å². The van der Waals surface area contributed by atoms with E-state index in [4.69, 9.17) is 23.2 Å². The number of hydrogen-bond donors (Lipinski definition) is 2. The minimum atomic E-state index is -0.346. The van der Waals surface area contributed by atoms with Crippen molar-refractivity contribution in [2.45, 2.75) is 0 Å². The summed E-state index contributed by atoms with van der Waals surface area (Å²) in [6.07, 6.45) is 0. The molecular weight excluding hydrogens is 382 g/mol. The van der Waals surface area contributed by atoms with Crippen molar-refractivity contribution in [3.8, 4) is 0 Å². The van der Waals surface area contributed by atoms with E-state index < -0.39 is 0 Å². The highest BCUT2D eigenvalue weighted by atomic mass is 35.5. The molecule has 130 valence electrons. The van der Waals surface area contributed by atoms with E-state index in [9.17, 15) is 4.39 Å². The van der Waals surface area contributed by atoms with Gasteiger partial charge in [-0.3, -0.25) is 0 Å². The Morgan fingerprint density at radius 2 is 1.50 bits per heavy atom. The monoisotopic (exact) mass is 390 g/mol. The molecule has 0 aliphatic carbocycles. The summed E-state index contributed by atoms with van der Waals surface area (Å²) >= 11 is 12.3. The van der Waals surface area contributed by atoms with E-state index in [0.29, 0.717) is 33.1 Å². The third-order valence-corrected chi connectivity index (χ3v) is 4.24. The van der Waals surface area contributed by atoms with Gasteiger partial charge in [-0.25, -0.2) is 19.0 Å². The summed E-state index contributed by atoms with van der Waals surface area (Å²) < 4.78 is 17.8. The summed E-state index contributed by atoms with van der Waals surface area (Å²) in [5.74, 6) is 0.305. The van der Waals surface area contributed by atoms with Gasteiger partial charge in [0.2, 0.25) is 11.3 Å². The first kappa shape index (κ1) is 16.5. The molecule has 0 amide bonds. The average Bonchev–Trinajstić information content (AvgIpc) is 3.08. The van der Waals surface area contributed by atoms with Crippen LogP contribution in [0.4, 0.5) is 27.4 Å². The molecule has 0 radical (unpaired) electrons. The number of halogens is 3. The largest absolute Gasteiger partial charge is 0.337 e. The van der Waals surface area contributed by atoms with Crippen LogP contribution >= 0.6 is 23.2 Å². The van der Waals surface area contributed by atoms with Crippen LogP contribution in [0.15, 0.2) is 47.1 Å². The number of rotatable bonds is 4. The lowest BCUT2D eigenvalue weighted by molar-refractivity contribution is 0.314. The van der Waals surface area contributed by atoms with Crippen LogP contribution in [0.5, 0.6) is 0 Å². The first-order valence-corrected chi connectivity index (χ1v) is 8.10. The van der Waals surface area contributed by atoms with E-state index in [-0.39, 0.29) is 17.1 Å². The van der Waals surface area contributed by atoms with Gasteiger partial charge >= 0.3 is 0 Å². The fourth-order valence-corrected chi connectivity index (χ4v) is 2.56. The molecule has 0 bridgehead atoms. The number of anilines is 4. The van der Waals surface area contributed by atoms with Gasteiger partial charge in [0.25, 0.3) is 0 Å². The van der Waals surface area contributed by atoms with Crippen molar-refractivity contribution in [1.29, 1.82) is 0 Å². The zero-order valence-corrected chi connectivity index (χ0v) is 14.4. The van der Waals surface area contributed by atoms with Crippen LogP contribution < -0.4 is 10.6 Å². The maximum atomic E-state index is 13.1. The van der Waals surface area contributed by atoms with E-state index in [0.717, 1.165) is 0 Å². The number of aromatic nitrogens is 4. The Kier molecular flexibility index (Phi) is 4.27. The number of nitrogens with zero attached hydrogens (tertiary/aromatic N) is 4. The molecule has 0 aliphatic rings. The normalized spacial score (nSPS) is 10.9. The lowest BCUT2D eigenvalue weighted by Crippen LogP contribution is -2.03. The first-order chi connectivity index (χ1) is 12.6. The molecule has 0 saturated heterocycles. The van der Waals surface area contributed by atoms with Gasteiger partial charge in [-0.1, -0.05) is 29.3 Å². The predicted molar refractivity (Wildman–Crippen MR) is 96.8 cm³/mol. The third-order valence-electron chi connectivity index (χ3n) is 3.43. The molecular formula is C16H9Cl2FN6O. The third kappa shape index (κ3) is 3.24. The van der Waals surface area contributed by atoms with Crippen LogP contribution in [0.3, 0.4) is 0 Å². The van der Waals surface area contributed by atoms with E-state index >= 15 is 0 Å². The Labute approximate surface area is 156 Å². The lowest BCUT2D eigenvalue weighted by atomic mass is 10.3. The van der Waals surface area contributed by atoms with E-state index in [1.807, 2.05) is 0 Å². The van der Waals surface area contributed by atoms with Gasteiger partial charge in [0.05, 0.1) is 15.7 Å². The summed E-state index contributed by atoms with van der Waals surface area (Å²) in [6, 6.07) is 10.9. The first-order valence-electron chi connectivity index (χ1n) is 7.34. The zero-order chi connectivity index (χ0) is 18.1. The minimum Gasteiger partial charge on any atom is -0.337 e. The predicted octanol–water partition coefficient (Wildman–Crippen LogP) is 4.95. The molecule has 0 spiro atoms. The number of hydrogen-bond acceptors (Lipinski definition) is 7. The molecule has 0 atom stereocenters. The summed E-state index contributed by atoms with van der Waals surface area (Å²) in [7, 11) is 0. The van der Waals surface area contributed by atoms with Crippen LogP contribution in [-0.2, 0) is 0 Å². The van der Waals surface area contributed by atoms with E-state index in [1.54, 1.807) is 30.3 Å². The SMILES string of the molecule is Fc1ccc(Nc2nc3nonc3nc2Nc2cccc(Cl)c2Cl)cc1. The second-order valence-electron chi connectivity index (χ2n) is 5.19. The highest BCUT2D eigenvalue weighted by Gasteiger charge is 2.15. The molecule has 2 aromatic carbocycles. The second kappa shape index (κ2) is 6.74. The van der Waals surface area contributed by atoms with E-state index in [2.05, 4.69) is 35.5 Å². The smallest absolute Gasteiger partial charge is 0.245 e. The molecule has 0 saturated carbocycles. The molecule has 0 fully saturated rings. The van der Waals surface area contributed by atoms with Gasteiger partial charge in [-0.2, -0.15) is 0 Å². The highest BCUT2D eigenvalue weighted by molar-refractivity contribution is 6.43. The average molecular weight is 391 g/mol. The molecule has 4 aromatic rings. The Morgan fingerprint density at radius 1 is 0.846 bits per heavy atom. The fraction of sp³-hybridized carbons (Fsp3) is 0. The van der Waals surface area contributed by atoms with Gasteiger partial charge in [0.1, 0.15) is 5.82 Å². The Morgan fingerprint density at radius 3 is 2.19 bits per heavy atom. The summed E-state index contributed by atoms with van der Waals surface area (Å²) in [5, 5.41) is 14.2. The Bertz CT molecular complexity index is 1090. The van der Waals surface area contributed by atoms with Crippen LogP contribution in [0.1, 0.15) is 0 Å². The van der Waals surface area contributed by atoms with Crippen molar-refractivity contribution in [3.63, 3.8) is 0 Å². The van der Waals surface area contributed by atoms with Crippen molar-refractivity contribution >= 4 is 57.5 Å². The molecule has 26 heavy (non-hydrogen) atoms. The van der Waals surface area contributed by atoms with Crippen LogP contribution in [0.2, 0.25) is 10.0 Å². The van der Waals surface area contributed by atoms with Crippen LogP contribution in [0, 0.1) is 5.82 Å². The molecule has 0 aliphatic heterocycles. The second-order valence-corrected chi connectivity index (χ2v) is 5.98. The molecule has 0 unspecified atom stereocenters. The van der Waals surface area contributed by atoms with Crippen molar-refractivity contribution < 1.29 is 9.02 Å². The maximum Gasteiger partial charge on any atom is 0.245 e. The minimum absolute atomic E-state index is 0.218. The summed E-state index contributed by atoms with van der Waals surface area (Å²) in [6.45, 7) is 0. The molecule has 7 nitrogen and oxygen atoms in total. The Balaban J connectivity index is 1.76. The zero-order valence-electron chi connectivity index (χ0n) is 12.9. The van der Waals surface area contributed by atoms with Gasteiger partial charge in [0, 0.05) is 5.69 Å². The molecule has 10 heteroatoms. The van der Waals surface area contributed by atoms with Crippen molar-refractivity contribution in [1.82, 2.24) is 20.3 Å². The summed E-state index contributed by atoms with van der Waals surface area (Å²) in [4.78, 5) is 8.66. The maximum absolute atomic E-state index is 13.1. The highest BCUT2D eigenvalue weighted by Crippen LogP contribution is 2.33. The van der Waals surface area contributed by atoms with Gasteiger partial charge in [0.15, 0.2) is 11.6 Å². The van der Waals surface area contributed by atoms with Crippen molar-refractivity contribution in [2.75, 3.05) is 10.6 Å². The number of fused-ring (bicyclic) bond motifs is 1.